The molecule has 0 atom stereocenters. The number of nitrogens with one attached hydrogen (secondary N) is 3. The van der Waals surface area contributed by atoms with Crippen molar-refractivity contribution >= 4 is 23.8 Å². The molecule has 1 amide bonds. The quantitative estimate of drug-likeness (QED) is 0.426. The van der Waals surface area contributed by atoms with Gasteiger partial charge in [0, 0.05) is 22.7 Å². The third-order valence-corrected chi connectivity index (χ3v) is 4.65. The highest BCUT2D eigenvalue weighted by Gasteiger charge is 2.20. The summed E-state index contributed by atoms with van der Waals surface area (Å²) < 4.78 is 14.4. The summed E-state index contributed by atoms with van der Waals surface area (Å²) in [5.74, 6) is -0.433. The van der Waals surface area contributed by atoms with Crippen LogP contribution >= 0.6 is 0 Å². The van der Waals surface area contributed by atoms with Gasteiger partial charge in [0.05, 0.1) is 6.34 Å². The lowest BCUT2D eigenvalue weighted by Crippen LogP contribution is -2.40. The molecule has 6 heteroatoms. The number of carbonyl (C=O) groups is 1. The Morgan fingerprint density at radius 2 is 1.83 bits per heavy atom. The summed E-state index contributed by atoms with van der Waals surface area (Å²) in [6.07, 6.45) is 1.66. The predicted octanol–water partition coefficient (Wildman–Crippen LogP) is 5.63. The van der Waals surface area contributed by atoms with Crippen LogP contribution < -0.4 is 10.2 Å². The molecule has 0 spiro atoms. The van der Waals surface area contributed by atoms with E-state index in [-0.39, 0.29) is 23.5 Å². The largest absolute Gasteiger partial charge is 0.347 e. The smallest absolute Gasteiger partial charge is 0.251 e. The Bertz CT molecular complexity index is 960. The summed E-state index contributed by atoms with van der Waals surface area (Å²) in [4.78, 5) is 14.3. The van der Waals surface area contributed by atoms with Gasteiger partial charge in [0.15, 0.2) is 0 Å². The minimum atomic E-state index is -0.423. The number of hydrogen-bond acceptors (Lipinski definition) is 3. The maximum Gasteiger partial charge on any atom is 0.251 e. The summed E-state index contributed by atoms with van der Waals surface area (Å²) >= 11 is 0. The van der Waals surface area contributed by atoms with E-state index in [4.69, 9.17) is 10.8 Å². The maximum atomic E-state index is 14.4. The minimum absolute atomic E-state index is 0.108. The normalized spacial score (nSPS) is 11.3. The van der Waals surface area contributed by atoms with Gasteiger partial charge >= 0.3 is 0 Å². The highest BCUT2D eigenvalue weighted by atomic mass is 19.1. The van der Waals surface area contributed by atoms with Crippen LogP contribution in [0.25, 0.3) is 11.1 Å². The minimum Gasteiger partial charge on any atom is -0.347 e. The second-order valence-corrected chi connectivity index (χ2v) is 8.67. The summed E-state index contributed by atoms with van der Waals surface area (Å²) in [7, 11) is 0. The van der Waals surface area contributed by atoms with Crippen molar-refractivity contribution in [2.75, 3.05) is 4.90 Å². The SMILES string of the molecule is CCc1ccc(-c2cc(C(=O)NC(C)(C)C)cc(N(C=N)C(=N)C(C)C)c2)cc1F. The lowest BCUT2D eigenvalue weighted by molar-refractivity contribution is 0.0919. The molecule has 0 aliphatic carbocycles. The fraction of sp³-hybridized carbons (Fsp3) is 0.375. The zero-order valence-corrected chi connectivity index (χ0v) is 18.6. The molecule has 2 aromatic rings. The van der Waals surface area contributed by atoms with Gasteiger partial charge in [0.1, 0.15) is 11.7 Å². The van der Waals surface area contributed by atoms with Gasteiger partial charge in [-0.2, -0.15) is 0 Å². The molecule has 0 aliphatic rings. The van der Waals surface area contributed by atoms with Crippen LogP contribution in [-0.2, 0) is 6.42 Å². The Kier molecular flexibility index (Phi) is 7.13. The van der Waals surface area contributed by atoms with Crippen molar-refractivity contribution in [1.82, 2.24) is 5.32 Å². The Balaban J connectivity index is 2.65. The fourth-order valence-electron chi connectivity index (χ4n) is 3.04. The average molecular weight is 411 g/mol. The Morgan fingerprint density at radius 3 is 2.33 bits per heavy atom. The van der Waals surface area contributed by atoms with Gasteiger partial charge in [-0.3, -0.25) is 20.5 Å². The molecule has 5 nitrogen and oxygen atoms in total. The monoisotopic (exact) mass is 410 g/mol. The van der Waals surface area contributed by atoms with Crippen LogP contribution in [0.5, 0.6) is 0 Å². The van der Waals surface area contributed by atoms with Gasteiger partial charge in [-0.15, -0.1) is 0 Å². The molecule has 0 unspecified atom stereocenters. The number of aryl methyl sites for hydroxylation is 1. The molecule has 0 bridgehead atoms. The van der Waals surface area contributed by atoms with Crippen LogP contribution in [0.3, 0.4) is 0 Å². The molecular weight excluding hydrogens is 379 g/mol. The first kappa shape index (κ1) is 23.3. The van der Waals surface area contributed by atoms with Crippen molar-refractivity contribution < 1.29 is 9.18 Å². The molecule has 0 radical (unpaired) electrons. The van der Waals surface area contributed by atoms with E-state index < -0.39 is 5.54 Å². The number of rotatable bonds is 6. The molecule has 160 valence electrons. The van der Waals surface area contributed by atoms with Crippen LogP contribution in [0.4, 0.5) is 10.1 Å². The standard InChI is InChI=1S/C24H31FN4O/c1-7-16-8-9-17(13-21(16)25)18-10-19(23(30)28-24(4,5)6)12-20(11-18)29(14-26)22(27)15(2)3/h8-15,26-27H,7H2,1-6H3,(H,28,30). The number of halogens is 1. The van der Waals surface area contributed by atoms with Gasteiger partial charge in [0.2, 0.25) is 0 Å². The van der Waals surface area contributed by atoms with Crippen molar-refractivity contribution in [3.8, 4) is 11.1 Å². The molecule has 0 aliphatic heterocycles. The zero-order chi connectivity index (χ0) is 22.6. The molecule has 2 aromatic carbocycles. The number of nitrogens with zero attached hydrogens (tertiary/aromatic N) is 1. The highest BCUT2D eigenvalue weighted by molar-refractivity contribution is 6.11. The lowest BCUT2D eigenvalue weighted by atomic mass is 9.98. The van der Waals surface area contributed by atoms with Gasteiger partial charge in [-0.05, 0) is 68.1 Å². The van der Waals surface area contributed by atoms with E-state index in [1.165, 1.54) is 11.0 Å². The summed E-state index contributed by atoms with van der Waals surface area (Å²) in [6, 6.07) is 10.2. The van der Waals surface area contributed by atoms with E-state index >= 15 is 0 Å². The predicted molar refractivity (Wildman–Crippen MR) is 122 cm³/mol. The third-order valence-electron chi connectivity index (χ3n) is 4.65. The Labute approximate surface area is 178 Å². The highest BCUT2D eigenvalue weighted by Crippen LogP contribution is 2.29. The molecule has 3 N–H and O–H groups in total. The molecule has 0 saturated heterocycles. The summed E-state index contributed by atoms with van der Waals surface area (Å²) in [6.45, 7) is 11.3. The number of amides is 1. The summed E-state index contributed by atoms with van der Waals surface area (Å²) in [5.41, 5.74) is 2.40. The second kappa shape index (κ2) is 9.20. The van der Waals surface area contributed by atoms with E-state index in [1.807, 2.05) is 47.6 Å². The van der Waals surface area contributed by atoms with E-state index in [2.05, 4.69) is 5.32 Å². The second-order valence-electron chi connectivity index (χ2n) is 8.67. The molecule has 0 fully saturated rings. The first-order valence-electron chi connectivity index (χ1n) is 10.1. The molecule has 0 saturated carbocycles. The molecular formula is C24H31FN4O. The molecule has 2 rings (SSSR count). The topological polar surface area (TPSA) is 80.0 Å². The number of hydrogen-bond donors (Lipinski definition) is 3. The number of benzene rings is 2. The van der Waals surface area contributed by atoms with Crippen molar-refractivity contribution in [1.29, 1.82) is 10.8 Å². The average Bonchev–Trinajstić information content (AvgIpc) is 2.66. The van der Waals surface area contributed by atoms with Gasteiger partial charge in [-0.25, -0.2) is 4.39 Å². The first-order valence-corrected chi connectivity index (χ1v) is 10.1. The van der Waals surface area contributed by atoms with Crippen LogP contribution in [0, 0.1) is 22.6 Å². The van der Waals surface area contributed by atoms with E-state index in [9.17, 15) is 9.18 Å². The van der Waals surface area contributed by atoms with Crippen LogP contribution in [0.15, 0.2) is 36.4 Å². The molecule has 0 heterocycles. The maximum absolute atomic E-state index is 14.4. The number of carbonyl (C=O) groups excluding carboxylic acids is 1. The van der Waals surface area contributed by atoms with E-state index in [0.717, 1.165) is 6.34 Å². The van der Waals surface area contributed by atoms with Gasteiger partial charge in [-0.1, -0.05) is 32.9 Å². The van der Waals surface area contributed by atoms with Crippen molar-refractivity contribution in [2.24, 2.45) is 5.92 Å². The van der Waals surface area contributed by atoms with E-state index in [1.54, 1.807) is 24.3 Å². The van der Waals surface area contributed by atoms with Crippen molar-refractivity contribution in [3.63, 3.8) is 0 Å². The molecule has 0 aromatic heterocycles. The number of amidine groups is 1. The zero-order valence-electron chi connectivity index (χ0n) is 18.6. The Hall–Kier alpha value is -3.02. The Morgan fingerprint density at radius 1 is 1.17 bits per heavy atom. The third kappa shape index (κ3) is 5.53. The van der Waals surface area contributed by atoms with Gasteiger partial charge < -0.3 is 5.32 Å². The number of anilines is 1. The molecule has 30 heavy (non-hydrogen) atoms. The van der Waals surface area contributed by atoms with Crippen LogP contribution in [0.2, 0.25) is 0 Å². The summed E-state index contributed by atoms with van der Waals surface area (Å²) in [5, 5.41) is 19.1. The fourth-order valence-corrected chi connectivity index (χ4v) is 3.04. The van der Waals surface area contributed by atoms with Crippen molar-refractivity contribution in [2.45, 2.75) is 53.5 Å². The van der Waals surface area contributed by atoms with Gasteiger partial charge in [0.25, 0.3) is 5.91 Å². The first-order chi connectivity index (χ1) is 14.0. The lowest BCUT2D eigenvalue weighted by Gasteiger charge is -2.25. The van der Waals surface area contributed by atoms with Crippen molar-refractivity contribution in [3.05, 3.63) is 53.3 Å². The van der Waals surface area contributed by atoms with E-state index in [0.29, 0.717) is 34.4 Å². The van der Waals surface area contributed by atoms with Crippen LogP contribution in [-0.4, -0.2) is 23.6 Å². The van der Waals surface area contributed by atoms with Crippen LogP contribution in [0.1, 0.15) is 57.5 Å².